The molecule has 0 unspecified atom stereocenters. The maximum atomic E-state index is 12.8. The van der Waals surface area contributed by atoms with Gasteiger partial charge < -0.3 is 4.90 Å². The van der Waals surface area contributed by atoms with Crippen molar-refractivity contribution in [2.24, 2.45) is 5.92 Å². The average molecular weight is 359 g/mol. The van der Waals surface area contributed by atoms with Gasteiger partial charge in [-0.25, -0.2) is 9.48 Å². The van der Waals surface area contributed by atoms with Gasteiger partial charge >= 0.3 is 5.69 Å². The van der Waals surface area contributed by atoms with Crippen LogP contribution in [0.25, 0.3) is 0 Å². The van der Waals surface area contributed by atoms with Crippen LogP contribution >= 0.6 is 0 Å². The second-order valence-corrected chi connectivity index (χ2v) is 7.25. The van der Waals surface area contributed by atoms with E-state index in [2.05, 4.69) is 10.1 Å². The van der Waals surface area contributed by atoms with Crippen molar-refractivity contribution in [3.8, 4) is 0 Å². The molecule has 2 atom stereocenters. The zero-order valence-electron chi connectivity index (χ0n) is 16.3. The number of hydrogen-bond acceptors (Lipinski definition) is 5. The van der Waals surface area contributed by atoms with Crippen molar-refractivity contribution in [3.63, 3.8) is 0 Å². The SMILES string of the molecule is CC[C@@H]([C@H](C)CC(=O)CN(C)C)n1ncn(Cc2ccc(C)cn2)c1=O. The summed E-state index contributed by atoms with van der Waals surface area (Å²) in [7, 11) is 3.76. The lowest BCUT2D eigenvalue weighted by molar-refractivity contribution is -0.120. The Kier molecular flexibility index (Phi) is 6.85. The molecule has 0 aromatic carbocycles. The summed E-state index contributed by atoms with van der Waals surface area (Å²) in [6.45, 7) is 6.82. The summed E-state index contributed by atoms with van der Waals surface area (Å²) in [5.74, 6) is 0.225. The van der Waals surface area contributed by atoms with Crippen LogP contribution in [0.5, 0.6) is 0 Å². The van der Waals surface area contributed by atoms with E-state index in [1.807, 2.05) is 51.9 Å². The minimum atomic E-state index is -0.161. The second kappa shape index (κ2) is 8.89. The van der Waals surface area contributed by atoms with Crippen molar-refractivity contribution in [3.05, 3.63) is 46.4 Å². The summed E-state index contributed by atoms with van der Waals surface area (Å²) in [6.07, 6.45) is 4.53. The standard InChI is InChI=1S/C19H29N5O2/c1-6-18(15(3)9-17(25)12-22(4)5)24-19(26)23(13-21-24)11-16-8-7-14(2)10-20-16/h7-8,10,13,15,18H,6,9,11-12H2,1-5H3/t15-,18+/m1/s1. The number of ketones is 1. The molecule has 2 heterocycles. The van der Waals surface area contributed by atoms with E-state index in [1.165, 1.54) is 4.68 Å². The van der Waals surface area contributed by atoms with E-state index in [0.29, 0.717) is 19.5 Å². The Morgan fingerprint density at radius 1 is 1.31 bits per heavy atom. The van der Waals surface area contributed by atoms with Crippen LogP contribution in [-0.2, 0) is 11.3 Å². The van der Waals surface area contributed by atoms with Gasteiger partial charge in [-0.2, -0.15) is 5.10 Å². The van der Waals surface area contributed by atoms with E-state index in [0.717, 1.165) is 17.7 Å². The van der Waals surface area contributed by atoms with Crippen LogP contribution in [0, 0.1) is 12.8 Å². The first-order chi connectivity index (χ1) is 12.3. The van der Waals surface area contributed by atoms with Crippen LogP contribution in [0.3, 0.4) is 0 Å². The van der Waals surface area contributed by atoms with Gasteiger partial charge in [-0.3, -0.25) is 14.3 Å². The Hall–Kier alpha value is -2.28. The molecule has 2 aromatic rings. The molecule has 7 nitrogen and oxygen atoms in total. The van der Waals surface area contributed by atoms with Crippen LogP contribution in [0.1, 0.15) is 44.0 Å². The lowest BCUT2D eigenvalue weighted by Gasteiger charge is -2.22. The normalized spacial score (nSPS) is 13.8. The van der Waals surface area contributed by atoms with Gasteiger partial charge in [0.15, 0.2) is 0 Å². The third kappa shape index (κ3) is 5.11. The fourth-order valence-electron chi connectivity index (χ4n) is 3.18. The first-order valence-corrected chi connectivity index (χ1v) is 9.03. The van der Waals surface area contributed by atoms with Crippen molar-refractivity contribution in [2.75, 3.05) is 20.6 Å². The molecular formula is C19H29N5O2. The topological polar surface area (TPSA) is 73.0 Å². The largest absolute Gasteiger partial charge is 0.346 e. The summed E-state index contributed by atoms with van der Waals surface area (Å²) in [5.41, 5.74) is 1.74. The molecule has 0 bridgehead atoms. The van der Waals surface area contributed by atoms with Crippen molar-refractivity contribution in [1.29, 1.82) is 0 Å². The predicted molar refractivity (Wildman–Crippen MR) is 101 cm³/mol. The lowest BCUT2D eigenvalue weighted by atomic mass is 9.94. The number of rotatable bonds is 9. The molecule has 2 aromatic heterocycles. The Morgan fingerprint density at radius 2 is 2.04 bits per heavy atom. The number of likely N-dealkylation sites (N-methyl/N-ethyl adjacent to an activating group) is 1. The Labute approximate surface area is 154 Å². The third-order valence-electron chi connectivity index (χ3n) is 4.49. The number of carbonyl (C=O) groups is 1. The highest BCUT2D eigenvalue weighted by atomic mass is 16.2. The van der Waals surface area contributed by atoms with Crippen LogP contribution < -0.4 is 5.69 Å². The molecule has 0 radical (unpaired) electrons. The molecule has 0 saturated carbocycles. The Balaban J connectivity index is 2.13. The highest BCUT2D eigenvalue weighted by Crippen LogP contribution is 2.22. The molecule has 0 fully saturated rings. The molecular weight excluding hydrogens is 330 g/mol. The van der Waals surface area contributed by atoms with Crippen molar-refractivity contribution < 1.29 is 4.79 Å². The number of hydrogen-bond donors (Lipinski definition) is 0. The highest BCUT2D eigenvalue weighted by Gasteiger charge is 2.23. The summed E-state index contributed by atoms with van der Waals surface area (Å²) < 4.78 is 3.08. The molecule has 7 heteroatoms. The van der Waals surface area contributed by atoms with E-state index in [-0.39, 0.29) is 23.4 Å². The molecule has 0 spiro atoms. The van der Waals surface area contributed by atoms with Crippen molar-refractivity contribution in [1.82, 2.24) is 24.2 Å². The zero-order valence-corrected chi connectivity index (χ0v) is 16.3. The second-order valence-electron chi connectivity index (χ2n) is 7.25. The molecule has 0 aliphatic carbocycles. The van der Waals surface area contributed by atoms with Gasteiger partial charge in [-0.15, -0.1) is 0 Å². The van der Waals surface area contributed by atoms with Crippen LogP contribution in [-0.4, -0.2) is 50.7 Å². The van der Waals surface area contributed by atoms with Crippen LogP contribution in [0.15, 0.2) is 29.5 Å². The van der Waals surface area contributed by atoms with E-state index in [9.17, 15) is 9.59 Å². The van der Waals surface area contributed by atoms with E-state index < -0.39 is 0 Å². The number of carbonyl (C=O) groups excluding carboxylic acids is 1. The maximum absolute atomic E-state index is 12.8. The van der Waals surface area contributed by atoms with Crippen molar-refractivity contribution >= 4 is 5.78 Å². The smallest absolute Gasteiger partial charge is 0.302 e. The van der Waals surface area contributed by atoms with Crippen molar-refractivity contribution in [2.45, 2.75) is 46.2 Å². The number of aromatic nitrogens is 4. The molecule has 0 aliphatic heterocycles. The number of nitrogens with zero attached hydrogens (tertiary/aromatic N) is 5. The molecule has 2 rings (SSSR count). The molecule has 0 amide bonds. The van der Waals surface area contributed by atoms with Gasteiger partial charge in [0.05, 0.1) is 24.8 Å². The van der Waals surface area contributed by atoms with Crippen LogP contribution in [0.2, 0.25) is 0 Å². The maximum Gasteiger partial charge on any atom is 0.346 e. The molecule has 0 aliphatic rings. The Bertz CT molecular complexity index is 776. The van der Waals surface area contributed by atoms with Gasteiger partial charge in [-0.1, -0.05) is 19.9 Å². The summed E-state index contributed by atoms with van der Waals surface area (Å²) >= 11 is 0. The highest BCUT2D eigenvalue weighted by molar-refractivity contribution is 5.80. The number of aryl methyl sites for hydroxylation is 1. The number of Topliss-reactive ketones (excluding diaryl/α,β-unsaturated/α-hetero) is 1. The summed E-state index contributed by atoms with van der Waals surface area (Å²) in [4.78, 5) is 31.1. The molecule has 26 heavy (non-hydrogen) atoms. The van der Waals surface area contributed by atoms with E-state index in [1.54, 1.807) is 17.1 Å². The Morgan fingerprint density at radius 3 is 2.62 bits per heavy atom. The van der Waals surface area contributed by atoms with Gasteiger partial charge in [0.25, 0.3) is 0 Å². The summed E-state index contributed by atoms with van der Waals surface area (Å²) in [6, 6.07) is 3.80. The minimum Gasteiger partial charge on any atom is -0.302 e. The fraction of sp³-hybridized carbons (Fsp3) is 0.579. The molecule has 0 saturated heterocycles. The van der Waals surface area contributed by atoms with Gasteiger partial charge in [-0.05, 0) is 45.0 Å². The first kappa shape index (κ1) is 20.0. The number of pyridine rings is 1. The van der Waals surface area contributed by atoms with Crippen LogP contribution in [0.4, 0.5) is 0 Å². The van der Waals surface area contributed by atoms with Gasteiger partial charge in [0.1, 0.15) is 12.1 Å². The summed E-state index contributed by atoms with van der Waals surface area (Å²) in [5, 5.41) is 4.31. The van der Waals surface area contributed by atoms with E-state index >= 15 is 0 Å². The first-order valence-electron chi connectivity index (χ1n) is 9.03. The third-order valence-corrected chi connectivity index (χ3v) is 4.49. The van der Waals surface area contributed by atoms with Gasteiger partial charge in [0.2, 0.25) is 0 Å². The monoisotopic (exact) mass is 359 g/mol. The minimum absolute atomic E-state index is 0.0472. The molecule has 0 N–H and O–H groups in total. The predicted octanol–water partition coefficient (Wildman–Crippen LogP) is 1.90. The van der Waals surface area contributed by atoms with Gasteiger partial charge in [0, 0.05) is 12.6 Å². The fourth-order valence-corrected chi connectivity index (χ4v) is 3.18. The van der Waals surface area contributed by atoms with E-state index in [4.69, 9.17) is 0 Å². The quantitative estimate of drug-likeness (QED) is 0.684. The zero-order chi connectivity index (χ0) is 19.3. The lowest BCUT2D eigenvalue weighted by Crippen LogP contribution is -2.33. The average Bonchev–Trinajstić information content (AvgIpc) is 2.91. The molecule has 142 valence electrons.